The van der Waals surface area contributed by atoms with Crippen LogP contribution in [0.3, 0.4) is 0 Å². The number of hydrogen-bond acceptors (Lipinski definition) is 7. The fourth-order valence-electron chi connectivity index (χ4n) is 5.35. The molecule has 1 saturated heterocycles. The fraction of sp³-hybridized carbons (Fsp3) is 0.367. The number of furan rings is 1. The Hall–Kier alpha value is -3.76. The lowest BCUT2D eigenvalue weighted by Crippen LogP contribution is -2.58. The van der Waals surface area contributed by atoms with Gasteiger partial charge in [-0.25, -0.2) is 0 Å². The summed E-state index contributed by atoms with van der Waals surface area (Å²) >= 11 is 1.47. The van der Waals surface area contributed by atoms with Crippen molar-refractivity contribution in [1.29, 1.82) is 0 Å². The summed E-state index contributed by atoms with van der Waals surface area (Å²) in [7, 11) is 0. The minimum Gasteiger partial charge on any atom is -0.467 e. The van der Waals surface area contributed by atoms with Gasteiger partial charge in [0.25, 0.3) is 11.8 Å². The lowest BCUT2D eigenvalue weighted by Gasteiger charge is -2.33. The molecule has 0 bridgehead atoms. The Morgan fingerprint density at radius 3 is 2.67 bits per heavy atom. The molecule has 2 aromatic carbocycles. The van der Waals surface area contributed by atoms with Crippen LogP contribution >= 0.6 is 11.8 Å². The van der Waals surface area contributed by atoms with Crippen LogP contribution in [0.1, 0.15) is 41.1 Å². The zero-order chi connectivity index (χ0) is 28.3. The number of hydrogen-bond donors (Lipinski definition) is 4. The van der Waals surface area contributed by atoms with E-state index in [1.807, 2.05) is 56.3 Å². The molecular weight excluding hydrogens is 528 g/mol. The molecule has 2 aliphatic rings. The molecule has 3 heterocycles. The van der Waals surface area contributed by atoms with Crippen molar-refractivity contribution in [3.05, 3.63) is 89.4 Å². The zero-order valence-corrected chi connectivity index (χ0v) is 23.4. The molecule has 3 atom stereocenters. The number of amides is 3. The molecule has 0 saturated carbocycles. The van der Waals surface area contributed by atoms with Crippen LogP contribution in [0.4, 0.5) is 5.69 Å². The maximum absolute atomic E-state index is 13.8. The minimum atomic E-state index is -1.56. The third-order valence-corrected chi connectivity index (χ3v) is 8.83. The molecule has 210 valence electrons. The normalized spacial score (nSPS) is 18.9. The number of aliphatic hydroxyl groups is 1. The highest BCUT2D eigenvalue weighted by atomic mass is 32.2. The summed E-state index contributed by atoms with van der Waals surface area (Å²) in [6.45, 7) is 4.75. The highest BCUT2D eigenvalue weighted by Gasteiger charge is 2.49. The smallest absolute Gasteiger partial charge is 0.254 e. The van der Waals surface area contributed by atoms with Crippen molar-refractivity contribution >= 4 is 35.2 Å². The molecule has 5 rings (SSSR count). The minimum absolute atomic E-state index is 0.191. The van der Waals surface area contributed by atoms with Gasteiger partial charge in [0.1, 0.15) is 11.8 Å². The molecule has 1 aromatic heterocycles. The molecule has 4 N–H and O–H groups in total. The fourth-order valence-corrected chi connectivity index (χ4v) is 6.49. The second-order valence-corrected chi connectivity index (χ2v) is 12.2. The van der Waals surface area contributed by atoms with E-state index in [0.717, 1.165) is 29.8 Å². The van der Waals surface area contributed by atoms with Crippen molar-refractivity contribution < 1.29 is 23.9 Å². The number of thioether (sulfide) groups is 1. The summed E-state index contributed by atoms with van der Waals surface area (Å²) < 4.78 is 4.73. The summed E-state index contributed by atoms with van der Waals surface area (Å²) in [6, 6.07) is 16.7. The van der Waals surface area contributed by atoms with E-state index in [9.17, 15) is 19.5 Å². The molecule has 1 fully saturated rings. The third kappa shape index (κ3) is 5.88. The number of nitrogens with one attached hydrogen (secondary N) is 3. The second-order valence-electron chi connectivity index (χ2n) is 10.6. The molecular formula is C30H34N4O5S. The first-order valence-electron chi connectivity index (χ1n) is 13.4. The van der Waals surface area contributed by atoms with Gasteiger partial charge in [-0.3, -0.25) is 14.4 Å². The summed E-state index contributed by atoms with van der Waals surface area (Å²) in [4.78, 5) is 42.0. The van der Waals surface area contributed by atoms with Gasteiger partial charge in [0, 0.05) is 22.5 Å². The van der Waals surface area contributed by atoms with Crippen LogP contribution in [-0.4, -0.2) is 63.1 Å². The molecule has 3 amide bonds. The summed E-state index contributed by atoms with van der Waals surface area (Å²) in [5.41, 5.74) is 3.23. The standard InChI is InChI=1S/C30H34N4O5S/c1-30(2)26(28(37)32-17-20-10-7-15-39-20)34(18-40-30)29(38)25(35)24(16-19-8-4-3-5-9-19)33-27(36)22-11-6-12-23-21(22)13-14-31-23/h3-12,15,24-26,31,35H,13-14,16-18H2,1-2H3,(H,32,37)(H,33,36). The van der Waals surface area contributed by atoms with Crippen LogP contribution in [0.15, 0.2) is 71.3 Å². The summed E-state index contributed by atoms with van der Waals surface area (Å²) in [6.07, 6.45) is 0.934. The Morgan fingerprint density at radius 1 is 1.12 bits per heavy atom. The van der Waals surface area contributed by atoms with Crippen LogP contribution in [0.5, 0.6) is 0 Å². The molecule has 0 radical (unpaired) electrons. The molecule has 3 unspecified atom stereocenters. The lowest BCUT2D eigenvalue weighted by atomic mass is 9.96. The van der Waals surface area contributed by atoms with Crippen LogP contribution in [-0.2, 0) is 29.0 Å². The van der Waals surface area contributed by atoms with E-state index in [1.54, 1.807) is 18.2 Å². The third-order valence-electron chi connectivity index (χ3n) is 7.45. The highest BCUT2D eigenvalue weighted by molar-refractivity contribution is 8.00. The first-order chi connectivity index (χ1) is 19.2. The van der Waals surface area contributed by atoms with Crippen molar-refractivity contribution in [2.45, 2.75) is 56.2 Å². The first-order valence-corrected chi connectivity index (χ1v) is 14.4. The van der Waals surface area contributed by atoms with Crippen molar-refractivity contribution in [2.75, 3.05) is 17.7 Å². The van der Waals surface area contributed by atoms with Gasteiger partial charge < -0.3 is 30.4 Å². The quantitative estimate of drug-likeness (QED) is 0.316. The van der Waals surface area contributed by atoms with E-state index in [4.69, 9.17) is 4.42 Å². The molecule has 9 nitrogen and oxygen atoms in total. The van der Waals surface area contributed by atoms with E-state index in [1.165, 1.54) is 22.9 Å². The van der Waals surface area contributed by atoms with E-state index in [0.29, 0.717) is 11.3 Å². The van der Waals surface area contributed by atoms with Gasteiger partial charge >= 0.3 is 0 Å². The number of rotatable bonds is 9. The topological polar surface area (TPSA) is 124 Å². The van der Waals surface area contributed by atoms with Gasteiger partial charge in [-0.05, 0) is 62.1 Å². The average molecular weight is 563 g/mol. The van der Waals surface area contributed by atoms with Gasteiger partial charge in [0.05, 0.1) is 24.7 Å². The van der Waals surface area contributed by atoms with E-state index in [-0.39, 0.29) is 30.7 Å². The van der Waals surface area contributed by atoms with Gasteiger partial charge in [0.15, 0.2) is 6.10 Å². The Balaban J connectivity index is 1.36. The van der Waals surface area contributed by atoms with Gasteiger partial charge in [0.2, 0.25) is 5.91 Å². The number of aliphatic hydroxyl groups excluding tert-OH is 1. The monoisotopic (exact) mass is 562 g/mol. The number of fused-ring (bicyclic) bond motifs is 1. The highest BCUT2D eigenvalue weighted by Crippen LogP contribution is 2.40. The van der Waals surface area contributed by atoms with Crippen LogP contribution < -0.4 is 16.0 Å². The predicted octanol–water partition coefficient (Wildman–Crippen LogP) is 2.95. The lowest BCUT2D eigenvalue weighted by molar-refractivity contribution is -0.147. The predicted molar refractivity (Wildman–Crippen MR) is 154 cm³/mol. The second kappa shape index (κ2) is 11.8. The summed E-state index contributed by atoms with van der Waals surface area (Å²) in [5.74, 6) is -0.438. The van der Waals surface area contributed by atoms with E-state index < -0.39 is 28.8 Å². The Labute approximate surface area is 237 Å². The molecule has 3 aromatic rings. The van der Waals surface area contributed by atoms with Gasteiger partial charge in [-0.15, -0.1) is 11.8 Å². The molecule has 2 aliphatic heterocycles. The van der Waals surface area contributed by atoms with E-state index >= 15 is 0 Å². The Kier molecular flexibility index (Phi) is 8.18. The number of carbonyl (C=O) groups is 3. The maximum Gasteiger partial charge on any atom is 0.254 e. The molecule has 0 spiro atoms. The van der Waals surface area contributed by atoms with Crippen molar-refractivity contribution in [3.8, 4) is 0 Å². The van der Waals surface area contributed by atoms with Crippen LogP contribution in [0.2, 0.25) is 0 Å². The number of nitrogens with zero attached hydrogens (tertiary/aromatic N) is 1. The van der Waals surface area contributed by atoms with Crippen molar-refractivity contribution in [3.63, 3.8) is 0 Å². The summed E-state index contributed by atoms with van der Waals surface area (Å²) in [5, 5.41) is 20.5. The Bertz CT molecular complexity index is 1360. The molecule has 10 heteroatoms. The van der Waals surface area contributed by atoms with Crippen molar-refractivity contribution in [1.82, 2.24) is 15.5 Å². The van der Waals surface area contributed by atoms with Crippen molar-refractivity contribution in [2.24, 2.45) is 0 Å². The number of carbonyl (C=O) groups excluding carboxylic acids is 3. The molecule has 40 heavy (non-hydrogen) atoms. The SMILES string of the molecule is CC1(C)SCN(C(=O)C(O)C(Cc2ccccc2)NC(=O)c2cccc3c2CCN3)C1C(=O)NCc1ccco1. The van der Waals surface area contributed by atoms with Crippen LogP contribution in [0.25, 0.3) is 0 Å². The maximum atomic E-state index is 13.8. The van der Waals surface area contributed by atoms with E-state index in [2.05, 4.69) is 16.0 Å². The largest absolute Gasteiger partial charge is 0.467 e. The Morgan fingerprint density at radius 2 is 1.93 bits per heavy atom. The zero-order valence-electron chi connectivity index (χ0n) is 22.6. The molecule has 0 aliphatic carbocycles. The van der Waals surface area contributed by atoms with Gasteiger partial charge in [-0.2, -0.15) is 0 Å². The van der Waals surface area contributed by atoms with Crippen LogP contribution in [0, 0.1) is 0 Å². The number of anilines is 1. The number of benzene rings is 2. The first kappa shape index (κ1) is 27.8. The van der Waals surface area contributed by atoms with Gasteiger partial charge in [-0.1, -0.05) is 36.4 Å². The average Bonchev–Trinajstić information content (AvgIpc) is 3.71.